The summed E-state index contributed by atoms with van der Waals surface area (Å²) in [6, 6.07) is 9.19. The first-order chi connectivity index (χ1) is 12.3. The van der Waals surface area contributed by atoms with Gasteiger partial charge in [-0.15, -0.1) is 0 Å². The number of guanidine groups is 1. The molecule has 2 saturated heterocycles. The van der Waals surface area contributed by atoms with Crippen LogP contribution in [0.4, 0.5) is 0 Å². The van der Waals surface area contributed by atoms with Gasteiger partial charge in [-0.25, -0.2) is 0 Å². The molecule has 0 aromatic heterocycles. The quantitative estimate of drug-likeness (QED) is 0.658. The number of morpholine rings is 1. The molecule has 0 spiro atoms. The van der Waals surface area contributed by atoms with E-state index in [0.717, 1.165) is 58.4 Å². The second-order valence-electron chi connectivity index (χ2n) is 6.97. The Morgan fingerprint density at radius 1 is 1.20 bits per heavy atom. The van der Waals surface area contributed by atoms with Crippen LogP contribution in [-0.4, -0.2) is 68.2 Å². The fourth-order valence-electron chi connectivity index (χ4n) is 3.73. The van der Waals surface area contributed by atoms with E-state index in [4.69, 9.17) is 9.73 Å². The first kappa shape index (κ1) is 18.2. The van der Waals surface area contributed by atoms with Gasteiger partial charge in [-0.1, -0.05) is 29.8 Å². The third-order valence-corrected chi connectivity index (χ3v) is 5.07. The Hall–Kier alpha value is -1.59. The highest BCUT2D eigenvalue weighted by atomic mass is 16.5. The number of nitrogens with zero attached hydrogens (tertiary/aromatic N) is 3. The van der Waals surface area contributed by atoms with Crippen LogP contribution < -0.4 is 5.32 Å². The zero-order valence-corrected chi connectivity index (χ0v) is 15.7. The molecule has 138 valence electrons. The molecule has 1 atom stereocenters. The molecule has 2 aliphatic rings. The Bertz CT molecular complexity index is 563. The predicted octanol–water partition coefficient (Wildman–Crippen LogP) is 2.43. The first-order valence-corrected chi connectivity index (χ1v) is 9.69. The van der Waals surface area contributed by atoms with Crippen molar-refractivity contribution in [2.75, 3.05) is 52.5 Å². The molecule has 0 aliphatic carbocycles. The van der Waals surface area contributed by atoms with Crippen LogP contribution in [0.2, 0.25) is 0 Å². The van der Waals surface area contributed by atoms with Crippen molar-refractivity contribution >= 4 is 5.96 Å². The van der Waals surface area contributed by atoms with Gasteiger partial charge in [0.15, 0.2) is 5.96 Å². The molecule has 5 nitrogen and oxygen atoms in total. The molecule has 1 aromatic carbocycles. The monoisotopic (exact) mass is 344 g/mol. The van der Waals surface area contributed by atoms with Gasteiger partial charge < -0.3 is 15.0 Å². The van der Waals surface area contributed by atoms with Gasteiger partial charge in [0.1, 0.15) is 0 Å². The SMILES string of the molecule is CCNC(=NCC(c1cccc(C)c1)N1CCOCC1)N1CCCC1. The van der Waals surface area contributed by atoms with Gasteiger partial charge in [0.05, 0.1) is 25.8 Å². The largest absolute Gasteiger partial charge is 0.379 e. The summed E-state index contributed by atoms with van der Waals surface area (Å²) in [6.07, 6.45) is 2.55. The molecular weight excluding hydrogens is 312 g/mol. The Balaban J connectivity index is 1.79. The van der Waals surface area contributed by atoms with Gasteiger partial charge in [0.25, 0.3) is 0 Å². The van der Waals surface area contributed by atoms with Crippen molar-refractivity contribution in [2.45, 2.75) is 32.7 Å². The van der Waals surface area contributed by atoms with E-state index in [1.165, 1.54) is 24.0 Å². The van der Waals surface area contributed by atoms with Crippen molar-refractivity contribution in [3.05, 3.63) is 35.4 Å². The first-order valence-electron chi connectivity index (χ1n) is 9.69. The molecule has 0 radical (unpaired) electrons. The summed E-state index contributed by atoms with van der Waals surface area (Å²) >= 11 is 0. The Morgan fingerprint density at radius 3 is 2.64 bits per heavy atom. The number of likely N-dealkylation sites (tertiary alicyclic amines) is 1. The van der Waals surface area contributed by atoms with Gasteiger partial charge in [-0.3, -0.25) is 9.89 Å². The van der Waals surface area contributed by atoms with Crippen molar-refractivity contribution in [3.8, 4) is 0 Å². The van der Waals surface area contributed by atoms with E-state index >= 15 is 0 Å². The maximum Gasteiger partial charge on any atom is 0.193 e. The summed E-state index contributed by atoms with van der Waals surface area (Å²) in [5.74, 6) is 1.07. The van der Waals surface area contributed by atoms with E-state index in [2.05, 4.69) is 53.2 Å². The van der Waals surface area contributed by atoms with Crippen LogP contribution in [0.15, 0.2) is 29.3 Å². The number of ether oxygens (including phenoxy) is 1. The molecular formula is C20H32N4O. The minimum Gasteiger partial charge on any atom is -0.379 e. The molecule has 1 aromatic rings. The molecule has 0 amide bonds. The van der Waals surface area contributed by atoms with Crippen LogP contribution in [0.25, 0.3) is 0 Å². The van der Waals surface area contributed by atoms with E-state index in [1.807, 2.05) is 0 Å². The van der Waals surface area contributed by atoms with Gasteiger partial charge in [-0.2, -0.15) is 0 Å². The summed E-state index contributed by atoms with van der Waals surface area (Å²) in [5.41, 5.74) is 2.68. The van der Waals surface area contributed by atoms with E-state index < -0.39 is 0 Å². The van der Waals surface area contributed by atoms with Crippen molar-refractivity contribution in [3.63, 3.8) is 0 Å². The lowest BCUT2D eigenvalue weighted by atomic mass is 10.0. The van der Waals surface area contributed by atoms with Crippen molar-refractivity contribution < 1.29 is 4.74 Å². The lowest BCUT2D eigenvalue weighted by Gasteiger charge is -2.34. The highest BCUT2D eigenvalue weighted by Gasteiger charge is 2.23. The van der Waals surface area contributed by atoms with E-state index in [-0.39, 0.29) is 0 Å². The van der Waals surface area contributed by atoms with Crippen LogP contribution >= 0.6 is 0 Å². The standard InChI is InChI=1S/C20H32N4O/c1-3-21-20(24-9-4-5-10-24)22-16-19(23-11-13-25-14-12-23)18-8-6-7-17(2)15-18/h6-8,15,19H,3-5,9-14,16H2,1-2H3,(H,21,22). The fourth-order valence-corrected chi connectivity index (χ4v) is 3.73. The average molecular weight is 345 g/mol. The minimum atomic E-state index is 0.319. The maximum atomic E-state index is 5.56. The highest BCUT2D eigenvalue weighted by Crippen LogP contribution is 2.23. The maximum absolute atomic E-state index is 5.56. The molecule has 1 N–H and O–H groups in total. The summed E-state index contributed by atoms with van der Waals surface area (Å²) < 4.78 is 5.56. The van der Waals surface area contributed by atoms with Crippen LogP contribution in [0.5, 0.6) is 0 Å². The number of hydrogen-bond donors (Lipinski definition) is 1. The zero-order valence-electron chi connectivity index (χ0n) is 15.7. The average Bonchev–Trinajstić information content (AvgIpc) is 3.16. The van der Waals surface area contributed by atoms with Gasteiger partial charge in [0, 0.05) is 32.7 Å². The lowest BCUT2D eigenvalue weighted by Crippen LogP contribution is -2.42. The topological polar surface area (TPSA) is 40.1 Å². The molecule has 0 bridgehead atoms. The molecule has 2 aliphatic heterocycles. The highest BCUT2D eigenvalue weighted by molar-refractivity contribution is 5.80. The predicted molar refractivity (Wildman–Crippen MR) is 103 cm³/mol. The van der Waals surface area contributed by atoms with Gasteiger partial charge in [-0.05, 0) is 32.3 Å². The smallest absolute Gasteiger partial charge is 0.193 e. The van der Waals surface area contributed by atoms with Crippen LogP contribution in [0.1, 0.15) is 36.9 Å². The van der Waals surface area contributed by atoms with Gasteiger partial charge >= 0.3 is 0 Å². The number of aliphatic imine (C=N–C) groups is 1. The third-order valence-electron chi connectivity index (χ3n) is 5.07. The molecule has 25 heavy (non-hydrogen) atoms. The zero-order chi connectivity index (χ0) is 17.5. The fraction of sp³-hybridized carbons (Fsp3) is 0.650. The molecule has 1 unspecified atom stereocenters. The van der Waals surface area contributed by atoms with Gasteiger partial charge in [0.2, 0.25) is 0 Å². The van der Waals surface area contributed by atoms with E-state index in [9.17, 15) is 0 Å². The number of rotatable bonds is 5. The Kier molecular flexibility index (Phi) is 6.70. The summed E-state index contributed by atoms with van der Waals surface area (Å²) in [6.45, 7) is 11.9. The van der Waals surface area contributed by atoms with E-state index in [0.29, 0.717) is 6.04 Å². The molecule has 0 saturated carbocycles. The molecule has 5 heteroatoms. The Labute approximate surface area is 152 Å². The number of benzene rings is 1. The summed E-state index contributed by atoms with van der Waals surface area (Å²) in [4.78, 5) is 9.95. The molecule has 3 rings (SSSR count). The van der Waals surface area contributed by atoms with Crippen molar-refractivity contribution in [2.24, 2.45) is 4.99 Å². The lowest BCUT2D eigenvalue weighted by molar-refractivity contribution is 0.0179. The normalized spacial score (nSPS) is 20.7. The van der Waals surface area contributed by atoms with Crippen LogP contribution in [-0.2, 0) is 4.74 Å². The van der Waals surface area contributed by atoms with Crippen LogP contribution in [0, 0.1) is 6.92 Å². The molecule has 2 fully saturated rings. The minimum absolute atomic E-state index is 0.319. The van der Waals surface area contributed by atoms with Crippen LogP contribution in [0.3, 0.4) is 0 Å². The second-order valence-corrected chi connectivity index (χ2v) is 6.97. The summed E-state index contributed by atoms with van der Waals surface area (Å²) in [5, 5.41) is 3.48. The molecule has 2 heterocycles. The third kappa shape index (κ3) is 4.95. The van der Waals surface area contributed by atoms with Crippen molar-refractivity contribution in [1.82, 2.24) is 15.1 Å². The van der Waals surface area contributed by atoms with E-state index in [1.54, 1.807) is 0 Å². The summed E-state index contributed by atoms with van der Waals surface area (Å²) in [7, 11) is 0. The number of nitrogens with one attached hydrogen (secondary N) is 1. The Morgan fingerprint density at radius 2 is 1.96 bits per heavy atom. The van der Waals surface area contributed by atoms with Crippen molar-refractivity contribution in [1.29, 1.82) is 0 Å². The number of aryl methyl sites for hydroxylation is 1. The second kappa shape index (κ2) is 9.20. The number of hydrogen-bond acceptors (Lipinski definition) is 3.